The summed E-state index contributed by atoms with van der Waals surface area (Å²) in [5, 5.41) is 11.2. The summed E-state index contributed by atoms with van der Waals surface area (Å²) in [6, 6.07) is 4.19. The first-order valence-corrected chi connectivity index (χ1v) is 12.9. The van der Waals surface area contributed by atoms with Crippen LogP contribution in [0.2, 0.25) is 0 Å². The Morgan fingerprint density at radius 2 is 2.05 bits per heavy atom. The van der Waals surface area contributed by atoms with Crippen LogP contribution in [-0.4, -0.2) is 84.0 Å². The number of carbonyl (C=O) groups is 3. The molecule has 0 radical (unpaired) electrons. The van der Waals surface area contributed by atoms with Crippen LogP contribution in [0.4, 0.5) is 10.5 Å². The summed E-state index contributed by atoms with van der Waals surface area (Å²) >= 11 is 6.38. The molecule has 212 valence electrons. The maximum Gasteiger partial charge on any atom is 0.414 e. The molecule has 0 spiro atoms. The summed E-state index contributed by atoms with van der Waals surface area (Å²) in [7, 11) is 4.31. The summed E-state index contributed by atoms with van der Waals surface area (Å²) in [5.41, 5.74) is 2.34. The van der Waals surface area contributed by atoms with Crippen molar-refractivity contribution < 1.29 is 33.5 Å². The topological polar surface area (TPSA) is 144 Å². The molecule has 2 atom stereocenters. The number of non-ortho nitro benzene ring substituents is 1. The van der Waals surface area contributed by atoms with Gasteiger partial charge >= 0.3 is 12.1 Å². The number of ether oxygens (including phenoxy) is 3. The summed E-state index contributed by atoms with van der Waals surface area (Å²) in [5.74, 6) is -0.932. The van der Waals surface area contributed by atoms with Crippen molar-refractivity contribution in [3.63, 3.8) is 0 Å². The number of amides is 2. The molecule has 0 bridgehead atoms. The van der Waals surface area contributed by atoms with Crippen molar-refractivity contribution in [3.8, 4) is 5.75 Å². The number of benzene rings is 1. The molecule has 3 heterocycles. The third-order valence-electron chi connectivity index (χ3n) is 6.84. The van der Waals surface area contributed by atoms with E-state index in [-0.39, 0.29) is 48.3 Å². The Balaban J connectivity index is 1.73. The number of halogens is 1. The number of aromatic amines is 1. The number of fused-ring (bicyclic) bond motifs is 2. The molecular formula is C27H29ClN4O8. The maximum atomic E-state index is 13.7. The zero-order chi connectivity index (χ0) is 29.3. The van der Waals surface area contributed by atoms with E-state index >= 15 is 0 Å². The molecule has 0 saturated heterocycles. The Kier molecular flexibility index (Phi) is 8.19. The first-order chi connectivity index (χ1) is 19.0. The zero-order valence-corrected chi connectivity index (χ0v) is 23.2. The summed E-state index contributed by atoms with van der Waals surface area (Å²) in [6.45, 7) is 6.04. The molecule has 2 aromatic rings. The van der Waals surface area contributed by atoms with Gasteiger partial charge in [-0.3, -0.25) is 14.9 Å². The fourth-order valence-corrected chi connectivity index (χ4v) is 5.01. The number of aryl methyl sites for hydroxylation is 1. The lowest BCUT2D eigenvalue weighted by atomic mass is 9.91. The number of esters is 1. The molecular weight excluding hydrogens is 544 g/mol. The standard InChI is InChI=1S/C27H29ClN4O8/c1-14-17(12-28)13-31(25(33)21-11-16-10-18(32(36)37)6-7-19(16)39-21)9-8-20(40-27(35)30(3)4)24-22(14)23(15(2)29-24)26(34)38-5/h6-8,10,17,21,29H,1,9,11-13H2,2-5H3/b20-8+/t17-,21-/m1/s1. The fraction of sp³-hybridized carbons (Fsp3) is 0.370. The molecule has 1 aromatic carbocycles. The fourth-order valence-electron chi connectivity index (χ4n) is 4.73. The summed E-state index contributed by atoms with van der Waals surface area (Å²) < 4.78 is 16.5. The van der Waals surface area contributed by atoms with Gasteiger partial charge in [-0.25, -0.2) is 9.59 Å². The smallest absolute Gasteiger partial charge is 0.414 e. The van der Waals surface area contributed by atoms with Crippen molar-refractivity contribution in [1.82, 2.24) is 14.8 Å². The van der Waals surface area contributed by atoms with E-state index in [4.69, 9.17) is 25.8 Å². The Labute approximate surface area is 235 Å². The van der Waals surface area contributed by atoms with Crippen LogP contribution in [0.1, 0.15) is 32.9 Å². The SMILES string of the molecule is C=C1c2c([nH]c(C)c2C(=O)OC)/C(OC(=O)N(C)C)=C\CN(C(=O)[C@H]2Cc3cc([N+](=O)[O-])ccc3O2)C[C@H]1CCl. The molecule has 0 unspecified atom stereocenters. The second-order valence-electron chi connectivity index (χ2n) is 9.68. The van der Waals surface area contributed by atoms with E-state index in [0.29, 0.717) is 33.8 Å². The molecule has 1 N–H and O–H groups in total. The second-order valence-corrected chi connectivity index (χ2v) is 9.99. The Morgan fingerprint density at radius 3 is 2.67 bits per heavy atom. The number of H-pyrrole nitrogens is 1. The predicted molar refractivity (Wildman–Crippen MR) is 146 cm³/mol. The van der Waals surface area contributed by atoms with Gasteiger partial charge in [0.15, 0.2) is 11.9 Å². The van der Waals surface area contributed by atoms with Crippen molar-refractivity contribution in [2.24, 2.45) is 5.92 Å². The molecule has 2 aliphatic rings. The minimum absolute atomic E-state index is 0.0109. The van der Waals surface area contributed by atoms with Crippen LogP contribution in [0.25, 0.3) is 11.3 Å². The van der Waals surface area contributed by atoms with Crippen LogP contribution >= 0.6 is 11.6 Å². The van der Waals surface area contributed by atoms with Crippen LogP contribution in [0.3, 0.4) is 0 Å². The van der Waals surface area contributed by atoms with Gasteiger partial charge in [0.05, 0.1) is 23.3 Å². The van der Waals surface area contributed by atoms with Gasteiger partial charge in [-0.2, -0.15) is 0 Å². The number of nitro groups is 1. The van der Waals surface area contributed by atoms with Gasteiger partial charge < -0.3 is 29.0 Å². The van der Waals surface area contributed by atoms with E-state index < -0.39 is 29.0 Å². The second kappa shape index (κ2) is 11.4. The van der Waals surface area contributed by atoms with E-state index in [1.165, 1.54) is 49.2 Å². The van der Waals surface area contributed by atoms with E-state index in [2.05, 4.69) is 11.6 Å². The highest BCUT2D eigenvalue weighted by atomic mass is 35.5. The van der Waals surface area contributed by atoms with Crippen molar-refractivity contribution in [1.29, 1.82) is 0 Å². The van der Waals surface area contributed by atoms with Crippen LogP contribution in [-0.2, 0) is 20.7 Å². The molecule has 12 nitrogen and oxygen atoms in total. The van der Waals surface area contributed by atoms with Gasteiger partial charge in [0.2, 0.25) is 0 Å². The number of carbonyl (C=O) groups excluding carboxylic acids is 3. The molecule has 2 amide bonds. The number of nitrogens with zero attached hydrogens (tertiary/aromatic N) is 3. The van der Waals surface area contributed by atoms with Crippen LogP contribution < -0.4 is 4.74 Å². The number of hydrogen-bond acceptors (Lipinski definition) is 8. The minimum atomic E-state index is -0.922. The molecule has 0 fully saturated rings. The number of nitrogens with one attached hydrogen (secondary N) is 1. The highest BCUT2D eigenvalue weighted by Crippen LogP contribution is 2.38. The largest absolute Gasteiger partial charge is 0.480 e. The van der Waals surface area contributed by atoms with Gasteiger partial charge in [-0.1, -0.05) is 6.58 Å². The lowest BCUT2D eigenvalue weighted by Crippen LogP contribution is -2.44. The van der Waals surface area contributed by atoms with Gasteiger partial charge in [0.25, 0.3) is 11.6 Å². The van der Waals surface area contributed by atoms with Gasteiger partial charge in [-0.15, -0.1) is 11.6 Å². The number of methoxy groups -OCH3 is 1. The molecule has 0 aliphatic carbocycles. The molecule has 2 aliphatic heterocycles. The highest BCUT2D eigenvalue weighted by molar-refractivity contribution is 6.18. The van der Waals surface area contributed by atoms with Crippen LogP contribution in [0.15, 0.2) is 30.9 Å². The van der Waals surface area contributed by atoms with Gasteiger partial charge in [-0.05, 0) is 24.6 Å². The molecule has 40 heavy (non-hydrogen) atoms. The third kappa shape index (κ3) is 5.39. The quantitative estimate of drug-likeness (QED) is 0.247. The predicted octanol–water partition coefficient (Wildman–Crippen LogP) is 3.77. The maximum absolute atomic E-state index is 13.7. The van der Waals surface area contributed by atoms with Gasteiger partial charge in [0, 0.05) is 74.4 Å². The van der Waals surface area contributed by atoms with E-state index in [1.54, 1.807) is 13.0 Å². The molecule has 13 heteroatoms. The highest BCUT2D eigenvalue weighted by Gasteiger charge is 2.37. The number of aromatic nitrogens is 1. The zero-order valence-electron chi connectivity index (χ0n) is 22.5. The monoisotopic (exact) mass is 572 g/mol. The molecule has 0 saturated carbocycles. The molecule has 1 aromatic heterocycles. The average Bonchev–Trinajstić information content (AvgIpc) is 3.51. The Morgan fingerprint density at radius 1 is 1.32 bits per heavy atom. The number of nitro benzene ring substituents is 1. The Hall–Kier alpha value is -4.32. The average molecular weight is 573 g/mol. The Bertz CT molecular complexity index is 1430. The number of alkyl halides is 1. The number of rotatable bonds is 5. The van der Waals surface area contributed by atoms with Crippen LogP contribution in [0.5, 0.6) is 5.75 Å². The van der Waals surface area contributed by atoms with Crippen molar-refractivity contribution in [2.75, 3.05) is 40.2 Å². The van der Waals surface area contributed by atoms with Gasteiger partial charge in [0.1, 0.15) is 5.75 Å². The van der Waals surface area contributed by atoms with E-state index in [0.717, 1.165) is 0 Å². The third-order valence-corrected chi connectivity index (χ3v) is 7.21. The minimum Gasteiger partial charge on any atom is -0.480 e. The summed E-state index contributed by atoms with van der Waals surface area (Å²) in [4.78, 5) is 55.6. The lowest BCUT2D eigenvalue weighted by molar-refractivity contribution is -0.384. The van der Waals surface area contributed by atoms with Crippen molar-refractivity contribution in [2.45, 2.75) is 19.4 Å². The van der Waals surface area contributed by atoms with Crippen LogP contribution in [0, 0.1) is 23.0 Å². The normalized spacial score (nSPS) is 19.6. The number of hydrogen-bond donors (Lipinski definition) is 1. The van der Waals surface area contributed by atoms with E-state index in [1.807, 2.05) is 0 Å². The van der Waals surface area contributed by atoms with Crippen molar-refractivity contribution in [3.05, 3.63) is 69.0 Å². The lowest BCUT2D eigenvalue weighted by Gasteiger charge is -2.28. The first-order valence-electron chi connectivity index (χ1n) is 12.3. The molecule has 4 rings (SSSR count). The summed E-state index contributed by atoms with van der Waals surface area (Å²) in [6.07, 6.45) is 0.118. The van der Waals surface area contributed by atoms with E-state index in [9.17, 15) is 24.5 Å². The van der Waals surface area contributed by atoms with Crippen molar-refractivity contribution >= 4 is 46.6 Å². The first kappa shape index (κ1) is 28.7.